The highest BCUT2D eigenvalue weighted by Gasteiger charge is 2.26. The lowest BCUT2D eigenvalue weighted by Gasteiger charge is -2.36. The van der Waals surface area contributed by atoms with Gasteiger partial charge in [-0.1, -0.05) is 29.3 Å². The smallest absolute Gasteiger partial charge is 0.227 e. The Labute approximate surface area is 123 Å². The number of carbonyl (C=O) groups excluding carboxylic acids is 1. The van der Waals surface area contributed by atoms with Crippen molar-refractivity contribution in [3.8, 4) is 0 Å². The molecule has 1 fully saturated rings. The summed E-state index contributed by atoms with van der Waals surface area (Å²) in [5.74, 6) is 0.123. The summed E-state index contributed by atoms with van der Waals surface area (Å²) in [7, 11) is 0. The van der Waals surface area contributed by atoms with Gasteiger partial charge in [-0.2, -0.15) is 0 Å². The van der Waals surface area contributed by atoms with Crippen molar-refractivity contribution in [3.63, 3.8) is 0 Å². The Morgan fingerprint density at radius 2 is 2.16 bits per heavy atom. The monoisotopic (exact) mass is 300 g/mol. The number of carbonyl (C=O) groups is 1. The van der Waals surface area contributed by atoms with E-state index in [0.29, 0.717) is 16.5 Å². The molecule has 2 unspecified atom stereocenters. The van der Waals surface area contributed by atoms with Crippen molar-refractivity contribution in [2.45, 2.75) is 38.3 Å². The molecule has 1 aromatic rings. The van der Waals surface area contributed by atoms with Crippen molar-refractivity contribution in [1.82, 2.24) is 4.90 Å². The molecular formula is C14H18Cl2N2O. The van der Waals surface area contributed by atoms with E-state index < -0.39 is 0 Å². The summed E-state index contributed by atoms with van der Waals surface area (Å²) in [4.78, 5) is 14.2. The fourth-order valence-electron chi connectivity index (χ4n) is 2.50. The van der Waals surface area contributed by atoms with Crippen LogP contribution in [0.15, 0.2) is 18.2 Å². The number of nitrogens with zero attached hydrogens (tertiary/aromatic N) is 1. The predicted molar refractivity (Wildman–Crippen MR) is 78.6 cm³/mol. The standard InChI is InChI=1S/C14H18Cl2N2O/c1-9-6-11(17)4-5-18(9)14(19)8-10-2-3-12(15)13(16)7-10/h2-3,7,9,11H,4-6,8,17H2,1H3. The van der Waals surface area contributed by atoms with Gasteiger partial charge in [-0.15, -0.1) is 0 Å². The second kappa shape index (κ2) is 6.12. The Balaban J connectivity index is 2.02. The maximum absolute atomic E-state index is 12.3. The minimum atomic E-state index is 0.123. The van der Waals surface area contributed by atoms with Crippen LogP contribution in [0.25, 0.3) is 0 Å². The second-order valence-corrected chi connectivity index (χ2v) is 5.96. The van der Waals surface area contributed by atoms with E-state index in [2.05, 4.69) is 0 Å². The van der Waals surface area contributed by atoms with E-state index in [1.54, 1.807) is 12.1 Å². The van der Waals surface area contributed by atoms with E-state index in [0.717, 1.165) is 24.9 Å². The average molecular weight is 301 g/mol. The molecule has 0 radical (unpaired) electrons. The van der Waals surface area contributed by atoms with Crippen LogP contribution in [0.4, 0.5) is 0 Å². The number of benzene rings is 1. The molecule has 2 N–H and O–H groups in total. The number of hydrogen-bond acceptors (Lipinski definition) is 2. The van der Waals surface area contributed by atoms with Gasteiger partial charge in [0.05, 0.1) is 16.5 Å². The Morgan fingerprint density at radius 1 is 1.42 bits per heavy atom. The Hall–Kier alpha value is -0.770. The van der Waals surface area contributed by atoms with Crippen molar-refractivity contribution in [2.75, 3.05) is 6.54 Å². The topological polar surface area (TPSA) is 46.3 Å². The van der Waals surface area contributed by atoms with Crippen LogP contribution < -0.4 is 5.73 Å². The zero-order valence-corrected chi connectivity index (χ0v) is 12.4. The SMILES string of the molecule is CC1CC(N)CCN1C(=O)Cc1ccc(Cl)c(Cl)c1. The number of likely N-dealkylation sites (tertiary alicyclic amines) is 1. The molecule has 3 nitrogen and oxygen atoms in total. The van der Waals surface area contributed by atoms with Gasteiger partial charge in [0, 0.05) is 18.6 Å². The average Bonchev–Trinajstić information content (AvgIpc) is 2.33. The number of halogens is 2. The molecule has 19 heavy (non-hydrogen) atoms. The first-order chi connectivity index (χ1) is 8.97. The Bertz CT molecular complexity index is 479. The summed E-state index contributed by atoms with van der Waals surface area (Å²) in [6.45, 7) is 2.79. The van der Waals surface area contributed by atoms with Gasteiger partial charge in [-0.25, -0.2) is 0 Å². The molecule has 1 aromatic carbocycles. The van der Waals surface area contributed by atoms with Gasteiger partial charge in [-0.3, -0.25) is 4.79 Å². The third kappa shape index (κ3) is 3.62. The molecule has 1 heterocycles. The van der Waals surface area contributed by atoms with E-state index >= 15 is 0 Å². The van der Waals surface area contributed by atoms with Crippen LogP contribution in [0.2, 0.25) is 10.0 Å². The summed E-state index contributed by atoms with van der Waals surface area (Å²) < 4.78 is 0. The number of rotatable bonds is 2. The first-order valence-corrected chi connectivity index (χ1v) is 7.22. The zero-order valence-electron chi connectivity index (χ0n) is 10.9. The molecule has 5 heteroatoms. The summed E-state index contributed by atoms with van der Waals surface area (Å²) in [5, 5.41) is 0.996. The molecular weight excluding hydrogens is 283 g/mol. The van der Waals surface area contributed by atoms with Crippen LogP contribution in [-0.2, 0) is 11.2 Å². The van der Waals surface area contributed by atoms with Crippen molar-refractivity contribution in [1.29, 1.82) is 0 Å². The molecule has 1 amide bonds. The van der Waals surface area contributed by atoms with Crippen LogP contribution in [0, 0.1) is 0 Å². The highest BCUT2D eigenvalue weighted by Crippen LogP contribution is 2.24. The first-order valence-electron chi connectivity index (χ1n) is 6.46. The summed E-state index contributed by atoms with van der Waals surface area (Å²) in [6, 6.07) is 5.74. The van der Waals surface area contributed by atoms with Gasteiger partial charge >= 0.3 is 0 Å². The Kier molecular flexibility index (Phi) is 4.71. The largest absolute Gasteiger partial charge is 0.340 e. The van der Waals surface area contributed by atoms with Crippen LogP contribution in [0.3, 0.4) is 0 Å². The lowest BCUT2D eigenvalue weighted by atomic mass is 9.98. The van der Waals surface area contributed by atoms with Gasteiger partial charge < -0.3 is 10.6 Å². The molecule has 1 saturated heterocycles. The second-order valence-electron chi connectivity index (χ2n) is 5.15. The van der Waals surface area contributed by atoms with Crippen molar-refractivity contribution >= 4 is 29.1 Å². The summed E-state index contributed by atoms with van der Waals surface area (Å²) >= 11 is 11.8. The normalized spacial score (nSPS) is 23.5. The van der Waals surface area contributed by atoms with E-state index in [-0.39, 0.29) is 18.0 Å². The first kappa shape index (κ1) is 14.6. The lowest BCUT2D eigenvalue weighted by Crippen LogP contribution is -2.48. The molecule has 1 aliphatic heterocycles. The Morgan fingerprint density at radius 3 is 2.79 bits per heavy atom. The molecule has 0 aromatic heterocycles. The lowest BCUT2D eigenvalue weighted by molar-refractivity contribution is -0.133. The van der Waals surface area contributed by atoms with Crippen LogP contribution in [-0.4, -0.2) is 29.4 Å². The maximum Gasteiger partial charge on any atom is 0.227 e. The molecule has 0 bridgehead atoms. The number of hydrogen-bond donors (Lipinski definition) is 1. The molecule has 104 valence electrons. The quantitative estimate of drug-likeness (QED) is 0.913. The van der Waals surface area contributed by atoms with Gasteiger partial charge in [0.15, 0.2) is 0 Å². The molecule has 0 aliphatic carbocycles. The third-order valence-electron chi connectivity index (χ3n) is 3.58. The summed E-state index contributed by atoms with van der Waals surface area (Å²) in [6.07, 6.45) is 2.10. The van der Waals surface area contributed by atoms with Crippen LogP contribution in [0.1, 0.15) is 25.3 Å². The van der Waals surface area contributed by atoms with E-state index in [4.69, 9.17) is 28.9 Å². The van der Waals surface area contributed by atoms with Gasteiger partial charge in [-0.05, 0) is 37.5 Å². The molecule has 1 aliphatic rings. The highest BCUT2D eigenvalue weighted by atomic mass is 35.5. The maximum atomic E-state index is 12.3. The van der Waals surface area contributed by atoms with Crippen LogP contribution >= 0.6 is 23.2 Å². The minimum absolute atomic E-state index is 0.123. The molecule has 2 rings (SSSR count). The zero-order chi connectivity index (χ0) is 14.0. The van der Waals surface area contributed by atoms with Gasteiger partial charge in [0.2, 0.25) is 5.91 Å². The number of piperidine rings is 1. The van der Waals surface area contributed by atoms with E-state index in [1.807, 2.05) is 17.9 Å². The molecule has 0 saturated carbocycles. The number of nitrogens with two attached hydrogens (primary N) is 1. The van der Waals surface area contributed by atoms with Crippen molar-refractivity contribution < 1.29 is 4.79 Å². The van der Waals surface area contributed by atoms with Crippen LogP contribution in [0.5, 0.6) is 0 Å². The van der Waals surface area contributed by atoms with Gasteiger partial charge in [0.25, 0.3) is 0 Å². The predicted octanol–water partition coefficient (Wildman–Crippen LogP) is 2.87. The fourth-order valence-corrected chi connectivity index (χ4v) is 2.83. The van der Waals surface area contributed by atoms with E-state index in [1.165, 1.54) is 0 Å². The fraction of sp³-hybridized carbons (Fsp3) is 0.500. The van der Waals surface area contributed by atoms with E-state index in [9.17, 15) is 4.79 Å². The molecule has 0 spiro atoms. The highest BCUT2D eigenvalue weighted by molar-refractivity contribution is 6.42. The summed E-state index contributed by atoms with van der Waals surface area (Å²) in [5.41, 5.74) is 6.80. The van der Waals surface area contributed by atoms with Crippen molar-refractivity contribution in [3.05, 3.63) is 33.8 Å². The molecule has 2 atom stereocenters. The van der Waals surface area contributed by atoms with Gasteiger partial charge in [0.1, 0.15) is 0 Å². The number of amides is 1. The van der Waals surface area contributed by atoms with Crippen molar-refractivity contribution in [2.24, 2.45) is 5.73 Å². The third-order valence-corrected chi connectivity index (χ3v) is 4.32. The minimum Gasteiger partial charge on any atom is -0.340 e.